The van der Waals surface area contributed by atoms with Gasteiger partial charge < -0.3 is 5.32 Å². The number of nitrogens with one attached hydrogen (secondary N) is 1. The maximum absolute atomic E-state index is 3.72. The highest BCUT2D eigenvalue weighted by molar-refractivity contribution is 5.91. The van der Waals surface area contributed by atoms with E-state index < -0.39 is 0 Å². The Labute approximate surface area is 133 Å². The summed E-state index contributed by atoms with van der Waals surface area (Å²) >= 11 is 0. The van der Waals surface area contributed by atoms with Crippen molar-refractivity contribution in [2.45, 2.75) is 32.7 Å². The van der Waals surface area contributed by atoms with Crippen molar-refractivity contribution < 1.29 is 0 Å². The maximum Gasteiger partial charge on any atom is 0.0286 e. The summed E-state index contributed by atoms with van der Waals surface area (Å²) < 4.78 is 0. The Kier molecular flexibility index (Phi) is 3.89. The highest BCUT2D eigenvalue weighted by Crippen LogP contribution is 2.32. The largest absolute Gasteiger partial charge is 0.383 e. The Hall–Kier alpha value is -2.28. The van der Waals surface area contributed by atoms with E-state index in [2.05, 4.69) is 92.8 Å². The fourth-order valence-corrected chi connectivity index (χ4v) is 2.87. The summed E-state index contributed by atoms with van der Waals surface area (Å²) in [5.74, 6) is 0. The molecule has 1 nitrogen and oxygen atoms in total. The molecule has 0 amide bonds. The second kappa shape index (κ2) is 5.84. The van der Waals surface area contributed by atoms with Gasteiger partial charge in [-0.3, -0.25) is 0 Å². The average molecular weight is 289 g/mol. The van der Waals surface area contributed by atoms with Gasteiger partial charge in [0.1, 0.15) is 0 Å². The molecule has 0 unspecified atom stereocenters. The molecule has 0 atom stereocenters. The van der Waals surface area contributed by atoms with Crippen LogP contribution in [0.25, 0.3) is 11.6 Å². The molecule has 2 aromatic rings. The highest BCUT2D eigenvalue weighted by atomic mass is 15.0. The molecular formula is C21H23N. The van der Waals surface area contributed by atoms with Crippen molar-refractivity contribution in [3.63, 3.8) is 0 Å². The van der Waals surface area contributed by atoms with Crippen LogP contribution in [0.5, 0.6) is 0 Å². The van der Waals surface area contributed by atoms with Gasteiger partial charge in [0.25, 0.3) is 0 Å². The third kappa shape index (κ3) is 3.30. The molecule has 1 N–H and O–H groups in total. The van der Waals surface area contributed by atoms with Crippen LogP contribution in [0, 0.1) is 0 Å². The van der Waals surface area contributed by atoms with Crippen molar-refractivity contribution in [2.24, 2.45) is 0 Å². The molecule has 0 heterocycles. The van der Waals surface area contributed by atoms with Crippen molar-refractivity contribution in [2.75, 3.05) is 0 Å². The maximum atomic E-state index is 3.72. The molecule has 0 radical (unpaired) electrons. The van der Waals surface area contributed by atoms with E-state index in [1.165, 1.54) is 28.0 Å². The Balaban J connectivity index is 2.03. The first-order valence-corrected chi connectivity index (χ1v) is 7.86. The molecule has 0 aliphatic heterocycles. The van der Waals surface area contributed by atoms with Crippen LogP contribution in [0.3, 0.4) is 0 Å². The van der Waals surface area contributed by atoms with Gasteiger partial charge in [-0.15, -0.1) is 0 Å². The van der Waals surface area contributed by atoms with Crippen LogP contribution in [0.2, 0.25) is 0 Å². The summed E-state index contributed by atoms with van der Waals surface area (Å²) in [5, 5.41) is 3.72. The quantitative estimate of drug-likeness (QED) is 0.833. The number of fused-ring (bicyclic) bond motifs is 1. The molecule has 0 saturated heterocycles. The Morgan fingerprint density at radius 1 is 0.864 bits per heavy atom. The van der Waals surface area contributed by atoms with Crippen molar-refractivity contribution >= 4 is 11.6 Å². The summed E-state index contributed by atoms with van der Waals surface area (Å²) in [6, 6.07) is 19.3. The zero-order valence-electron chi connectivity index (χ0n) is 13.6. The lowest BCUT2D eigenvalue weighted by Gasteiger charge is -2.26. The minimum Gasteiger partial charge on any atom is -0.383 e. The lowest BCUT2D eigenvalue weighted by atomic mass is 9.98. The first kappa shape index (κ1) is 14.6. The van der Waals surface area contributed by atoms with Crippen LogP contribution in [0.1, 0.15) is 37.5 Å². The predicted octanol–water partition coefficient (Wildman–Crippen LogP) is 5.06. The molecule has 3 rings (SSSR count). The molecule has 0 spiro atoms. The van der Waals surface area contributed by atoms with Crippen molar-refractivity contribution in [1.29, 1.82) is 0 Å². The number of allylic oxidation sites excluding steroid dienone is 3. The Bertz CT molecular complexity index is 715. The van der Waals surface area contributed by atoms with Gasteiger partial charge in [-0.25, -0.2) is 0 Å². The third-order valence-corrected chi connectivity index (χ3v) is 3.76. The van der Waals surface area contributed by atoms with E-state index in [1.807, 2.05) is 0 Å². The monoisotopic (exact) mass is 289 g/mol. The zero-order valence-corrected chi connectivity index (χ0v) is 13.6. The van der Waals surface area contributed by atoms with Crippen LogP contribution in [0.4, 0.5) is 0 Å². The van der Waals surface area contributed by atoms with Crippen LogP contribution in [-0.2, 0) is 6.42 Å². The van der Waals surface area contributed by atoms with Gasteiger partial charge in [0.05, 0.1) is 0 Å². The fraction of sp³-hybridized carbons (Fsp3) is 0.238. The predicted molar refractivity (Wildman–Crippen MR) is 95.4 cm³/mol. The molecule has 22 heavy (non-hydrogen) atoms. The molecule has 0 bridgehead atoms. The van der Waals surface area contributed by atoms with Gasteiger partial charge in [0, 0.05) is 23.2 Å². The van der Waals surface area contributed by atoms with Gasteiger partial charge in [-0.2, -0.15) is 0 Å². The van der Waals surface area contributed by atoms with Gasteiger partial charge in [-0.1, -0.05) is 66.7 Å². The lowest BCUT2D eigenvalue weighted by molar-refractivity contribution is 0.469. The lowest BCUT2D eigenvalue weighted by Crippen LogP contribution is -2.36. The summed E-state index contributed by atoms with van der Waals surface area (Å²) in [7, 11) is 0. The third-order valence-electron chi connectivity index (χ3n) is 3.76. The van der Waals surface area contributed by atoms with Crippen molar-refractivity contribution in [1.82, 2.24) is 5.32 Å². The summed E-state index contributed by atoms with van der Waals surface area (Å²) in [6.07, 6.45) is 5.37. The summed E-state index contributed by atoms with van der Waals surface area (Å²) in [4.78, 5) is 0. The minimum absolute atomic E-state index is 0.0441. The SMILES string of the molecule is CC(C)(C)N/C(Cc1ccccc1)=C1/C=Cc2ccccc21. The van der Waals surface area contributed by atoms with Gasteiger partial charge in [0.2, 0.25) is 0 Å². The topological polar surface area (TPSA) is 12.0 Å². The van der Waals surface area contributed by atoms with E-state index >= 15 is 0 Å². The van der Waals surface area contributed by atoms with Crippen LogP contribution >= 0.6 is 0 Å². The zero-order chi connectivity index (χ0) is 15.6. The standard InChI is InChI=1S/C21H23N/c1-21(2,3)22-20(15-16-9-5-4-6-10-16)19-14-13-17-11-7-8-12-18(17)19/h4-14,22H,15H2,1-3H3/b20-19-. The molecule has 0 aromatic heterocycles. The molecule has 112 valence electrons. The van der Waals surface area contributed by atoms with E-state index in [9.17, 15) is 0 Å². The minimum atomic E-state index is 0.0441. The number of hydrogen-bond donors (Lipinski definition) is 1. The second-order valence-corrected chi connectivity index (χ2v) is 6.85. The van der Waals surface area contributed by atoms with Crippen molar-refractivity contribution in [3.8, 4) is 0 Å². The fourth-order valence-electron chi connectivity index (χ4n) is 2.87. The highest BCUT2D eigenvalue weighted by Gasteiger charge is 2.18. The van der Waals surface area contributed by atoms with Crippen molar-refractivity contribution in [3.05, 3.63) is 83.1 Å². The van der Waals surface area contributed by atoms with Gasteiger partial charge >= 0.3 is 0 Å². The van der Waals surface area contributed by atoms with Crippen LogP contribution < -0.4 is 5.32 Å². The normalized spacial score (nSPS) is 15.6. The molecule has 1 aliphatic carbocycles. The number of rotatable bonds is 3. The number of benzene rings is 2. The summed E-state index contributed by atoms with van der Waals surface area (Å²) in [6.45, 7) is 6.63. The van der Waals surface area contributed by atoms with Gasteiger partial charge in [0.15, 0.2) is 0 Å². The average Bonchev–Trinajstić information content (AvgIpc) is 2.90. The van der Waals surface area contributed by atoms with Crippen LogP contribution in [0.15, 0.2) is 66.4 Å². The molecule has 0 saturated carbocycles. The van der Waals surface area contributed by atoms with E-state index in [0.717, 1.165) is 6.42 Å². The Morgan fingerprint density at radius 3 is 2.27 bits per heavy atom. The molecule has 1 heteroatoms. The van der Waals surface area contributed by atoms with E-state index in [1.54, 1.807) is 0 Å². The first-order chi connectivity index (χ1) is 10.5. The number of hydrogen-bond acceptors (Lipinski definition) is 1. The smallest absolute Gasteiger partial charge is 0.0286 e. The van der Waals surface area contributed by atoms with Crippen LogP contribution in [-0.4, -0.2) is 5.54 Å². The molecule has 0 fully saturated rings. The first-order valence-electron chi connectivity index (χ1n) is 7.86. The van der Waals surface area contributed by atoms with E-state index in [-0.39, 0.29) is 5.54 Å². The van der Waals surface area contributed by atoms with Gasteiger partial charge in [-0.05, 0) is 37.5 Å². The molecular weight excluding hydrogens is 266 g/mol. The van der Waals surface area contributed by atoms with E-state index in [0.29, 0.717) is 0 Å². The summed E-state index contributed by atoms with van der Waals surface area (Å²) in [5.41, 5.74) is 6.61. The Morgan fingerprint density at radius 2 is 1.55 bits per heavy atom. The molecule has 1 aliphatic rings. The molecule has 2 aromatic carbocycles. The van der Waals surface area contributed by atoms with E-state index in [4.69, 9.17) is 0 Å². The second-order valence-electron chi connectivity index (χ2n) is 6.85.